The predicted octanol–water partition coefficient (Wildman–Crippen LogP) is 4.79. The molecule has 10 heteroatoms. The number of carbonyl (C=O) groups excluding carboxylic acids is 2. The summed E-state index contributed by atoms with van der Waals surface area (Å²) in [6.45, 7) is 6.27. The number of amides is 2. The Morgan fingerprint density at radius 3 is 2.37 bits per heavy atom. The van der Waals surface area contributed by atoms with Gasteiger partial charge in [0.2, 0.25) is 21.8 Å². The molecule has 2 aromatic carbocycles. The first-order chi connectivity index (χ1) is 16.5. The van der Waals surface area contributed by atoms with Crippen LogP contribution in [0.1, 0.15) is 44.2 Å². The molecular formula is C25H33Cl2N3O4S. The van der Waals surface area contributed by atoms with Gasteiger partial charge < -0.3 is 10.2 Å². The molecule has 0 aliphatic carbocycles. The van der Waals surface area contributed by atoms with Crippen molar-refractivity contribution < 1.29 is 18.0 Å². The maximum absolute atomic E-state index is 13.4. The van der Waals surface area contributed by atoms with Crippen molar-refractivity contribution in [1.82, 2.24) is 10.2 Å². The second-order valence-corrected chi connectivity index (χ2v) is 11.1. The Hall–Kier alpha value is -2.29. The fraction of sp³-hybridized carbons (Fsp3) is 0.440. The molecule has 0 heterocycles. The minimum absolute atomic E-state index is 0.0684. The summed E-state index contributed by atoms with van der Waals surface area (Å²) in [7, 11) is -3.54. The lowest BCUT2D eigenvalue weighted by molar-refractivity contribution is -0.141. The van der Waals surface area contributed by atoms with Gasteiger partial charge in [-0.1, -0.05) is 48.3 Å². The molecule has 1 N–H and O–H groups in total. The van der Waals surface area contributed by atoms with E-state index in [4.69, 9.17) is 23.2 Å². The van der Waals surface area contributed by atoms with Crippen LogP contribution in [0.3, 0.4) is 0 Å². The fourth-order valence-electron chi connectivity index (χ4n) is 3.83. The van der Waals surface area contributed by atoms with Crippen molar-refractivity contribution in [1.29, 1.82) is 0 Å². The number of hydrogen-bond donors (Lipinski definition) is 1. The second-order valence-electron chi connectivity index (χ2n) is 8.35. The van der Waals surface area contributed by atoms with Gasteiger partial charge >= 0.3 is 0 Å². The zero-order valence-electron chi connectivity index (χ0n) is 20.6. The molecule has 0 aromatic heterocycles. The van der Waals surface area contributed by atoms with E-state index in [9.17, 15) is 18.0 Å². The van der Waals surface area contributed by atoms with Crippen molar-refractivity contribution in [2.75, 3.05) is 23.7 Å². The summed E-state index contributed by atoms with van der Waals surface area (Å²) in [5, 5.41) is 3.67. The molecule has 0 unspecified atom stereocenters. The van der Waals surface area contributed by atoms with Gasteiger partial charge in [0.05, 0.1) is 11.9 Å². The SMILES string of the molecule is CCNC(=O)[C@H](CC)N(Cc1ccc(Cl)cc1Cl)C(=O)CCCN(c1cccc(C)c1)S(C)(=O)=O. The Morgan fingerprint density at radius 1 is 1.09 bits per heavy atom. The van der Waals surface area contributed by atoms with Gasteiger partial charge in [0.25, 0.3) is 0 Å². The molecule has 0 fully saturated rings. The number of aryl methyl sites for hydroxylation is 1. The molecule has 1 atom stereocenters. The highest BCUT2D eigenvalue weighted by atomic mass is 35.5. The van der Waals surface area contributed by atoms with Crippen LogP contribution in [0, 0.1) is 6.92 Å². The Morgan fingerprint density at radius 2 is 1.80 bits per heavy atom. The number of likely N-dealkylation sites (N-methyl/N-ethyl adjacent to an activating group) is 1. The topological polar surface area (TPSA) is 86.8 Å². The summed E-state index contributed by atoms with van der Waals surface area (Å²) in [5.74, 6) is -0.502. The van der Waals surface area contributed by atoms with E-state index in [0.717, 1.165) is 11.8 Å². The molecule has 0 bridgehead atoms. The quantitative estimate of drug-likeness (QED) is 0.418. The van der Waals surface area contributed by atoms with E-state index in [2.05, 4.69) is 5.32 Å². The zero-order chi connectivity index (χ0) is 26.2. The summed E-state index contributed by atoms with van der Waals surface area (Å²) in [5.41, 5.74) is 2.16. The molecule has 7 nitrogen and oxygen atoms in total. The smallest absolute Gasteiger partial charge is 0.242 e. The van der Waals surface area contributed by atoms with Crippen molar-refractivity contribution in [3.05, 3.63) is 63.6 Å². The first-order valence-electron chi connectivity index (χ1n) is 11.5. The van der Waals surface area contributed by atoms with E-state index in [1.807, 2.05) is 26.8 Å². The number of sulfonamides is 1. The maximum atomic E-state index is 13.4. The standard InChI is InChI=1S/C25H33Cl2N3O4S/c1-5-23(25(32)28-6-2)29(17-19-12-13-20(26)16-22(19)27)24(31)11-8-14-30(35(4,33)34)21-10-7-9-18(3)15-21/h7,9-10,12-13,15-16,23H,5-6,8,11,14,17H2,1-4H3,(H,28,32)/t23-/m0/s1. The second kappa shape index (κ2) is 13.1. The van der Waals surface area contributed by atoms with Crippen LogP contribution in [0.2, 0.25) is 10.0 Å². The van der Waals surface area contributed by atoms with Gasteiger partial charge in [-0.2, -0.15) is 0 Å². The van der Waals surface area contributed by atoms with Gasteiger partial charge in [-0.05, 0) is 62.1 Å². The highest BCUT2D eigenvalue weighted by Gasteiger charge is 2.29. The summed E-state index contributed by atoms with van der Waals surface area (Å²) in [6.07, 6.45) is 1.92. The molecule has 2 amide bonds. The Bertz CT molecular complexity index is 1140. The van der Waals surface area contributed by atoms with Gasteiger partial charge in [-0.25, -0.2) is 8.42 Å². The third kappa shape index (κ3) is 8.40. The molecule has 0 radical (unpaired) electrons. The van der Waals surface area contributed by atoms with E-state index >= 15 is 0 Å². The first kappa shape index (κ1) is 28.9. The number of carbonyl (C=O) groups is 2. The number of hydrogen-bond acceptors (Lipinski definition) is 4. The summed E-state index contributed by atoms with van der Waals surface area (Å²) >= 11 is 12.4. The lowest BCUT2D eigenvalue weighted by Crippen LogP contribution is -2.49. The molecule has 2 aromatic rings. The van der Waals surface area contributed by atoms with Gasteiger partial charge in [-0.15, -0.1) is 0 Å². The Labute approximate surface area is 218 Å². The van der Waals surface area contributed by atoms with Crippen molar-refractivity contribution in [3.63, 3.8) is 0 Å². The lowest BCUT2D eigenvalue weighted by atomic mass is 10.1. The Balaban J connectivity index is 2.24. The number of benzene rings is 2. The maximum Gasteiger partial charge on any atom is 0.242 e. The minimum atomic E-state index is -3.54. The van der Waals surface area contributed by atoms with Crippen LogP contribution in [-0.2, 0) is 26.2 Å². The Kier molecular flexibility index (Phi) is 10.9. The molecule has 2 rings (SSSR count). The average molecular weight is 543 g/mol. The van der Waals surface area contributed by atoms with Crippen molar-refractivity contribution >= 4 is 50.7 Å². The van der Waals surface area contributed by atoms with Gasteiger partial charge in [0, 0.05) is 36.1 Å². The van der Waals surface area contributed by atoms with Crippen LogP contribution < -0.4 is 9.62 Å². The number of rotatable bonds is 12. The van der Waals surface area contributed by atoms with Crippen LogP contribution >= 0.6 is 23.2 Å². The average Bonchev–Trinajstić information content (AvgIpc) is 2.77. The van der Waals surface area contributed by atoms with E-state index in [1.165, 1.54) is 9.21 Å². The third-order valence-corrected chi connectivity index (χ3v) is 7.32. The van der Waals surface area contributed by atoms with Crippen molar-refractivity contribution in [3.8, 4) is 0 Å². The highest BCUT2D eigenvalue weighted by Crippen LogP contribution is 2.25. The van der Waals surface area contributed by atoms with Crippen LogP contribution in [0.25, 0.3) is 0 Å². The number of nitrogens with zero attached hydrogens (tertiary/aromatic N) is 2. The number of nitrogens with one attached hydrogen (secondary N) is 1. The van der Waals surface area contributed by atoms with Gasteiger partial charge in [-0.3, -0.25) is 13.9 Å². The summed E-state index contributed by atoms with van der Waals surface area (Å²) < 4.78 is 26.2. The molecule has 0 spiro atoms. The molecule has 0 aliphatic rings. The number of anilines is 1. The monoisotopic (exact) mass is 541 g/mol. The van der Waals surface area contributed by atoms with Crippen molar-refractivity contribution in [2.24, 2.45) is 0 Å². The molecule has 0 aliphatic heterocycles. The van der Waals surface area contributed by atoms with E-state index in [-0.39, 0.29) is 37.7 Å². The molecule has 192 valence electrons. The molecule has 0 saturated carbocycles. The van der Waals surface area contributed by atoms with E-state index in [1.54, 1.807) is 36.4 Å². The third-order valence-electron chi connectivity index (χ3n) is 5.53. The van der Waals surface area contributed by atoms with Crippen LogP contribution in [0.5, 0.6) is 0 Å². The normalized spacial score (nSPS) is 12.2. The summed E-state index contributed by atoms with van der Waals surface area (Å²) in [6, 6.07) is 11.5. The van der Waals surface area contributed by atoms with Gasteiger partial charge in [0.15, 0.2) is 0 Å². The van der Waals surface area contributed by atoms with Crippen LogP contribution in [0.15, 0.2) is 42.5 Å². The molecule has 35 heavy (non-hydrogen) atoms. The van der Waals surface area contributed by atoms with Crippen molar-refractivity contribution in [2.45, 2.75) is 52.6 Å². The predicted molar refractivity (Wildman–Crippen MR) is 142 cm³/mol. The number of halogens is 2. The first-order valence-corrected chi connectivity index (χ1v) is 14.1. The molecular weight excluding hydrogens is 509 g/mol. The largest absolute Gasteiger partial charge is 0.355 e. The lowest BCUT2D eigenvalue weighted by Gasteiger charge is -2.31. The zero-order valence-corrected chi connectivity index (χ0v) is 22.9. The van der Waals surface area contributed by atoms with E-state index < -0.39 is 16.1 Å². The van der Waals surface area contributed by atoms with Crippen LogP contribution in [0.4, 0.5) is 5.69 Å². The highest BCUT2D eigenvalue weighted by molar-refractivity contribution is 7.92. The fourth-order valence-corrected chi connectivity index (χ4v) is 5.26. The molecule has 0 saturated heterocycles. The van der Waals surface area contributed by atoms with Crippen LogP contribution in [-0.4, -0.2) is 50.5 Å². The minimum Gasteiger partial charge on any atom is -0.355 e. The van der Waals surface area contributed by atoms with E-state index in [0.29, 0.717) is 34.3 Å². The van der Waals surface area contributed by atoms with Gasteiger partial charge in [0.1, 0.15) is 6.04 Å². The summed E-state index contributed by atoms with van der Waals surface area (Å²) in [4.78, 5) is 27.6.